The number of hydrogen-bond acceptors (Lipinski definition) is 1. The Labute approximate surface area is 107 Å². The molecule has 96 valence electrons. The minimum atomic E-state index is 0.246. The molecule has 0 atom stereocenters. The summed E-state index contributed by atoms with van der Waals surface area (Å²) in [6.07, 6.45) is 7.28. The quantitative estimate of drug-likeness (QED) is 0.454. The van der Waals surface area contributed by atoms with Gasteiger partial charge in [0.2, 0.25) is 0 Å². The van der Waals surface area contributed by atoms with Crippen LogP contribution in [0.15, 0.2) is 23.3 Å². The molecular weight excluding hydrogens is 206 g/mol. The van der Waals surface area contributed by atoms with E-state index in [-0.39, 0.29) is 5.41 Å². The van der Waals surface area contributed by atoms with E-state index in [9.17, 15) is 0 Å². The predicted octanol–water partition coefficient (Wildman–Crippen LogP) is 5.26. The first-order valence-electron chi connectivity index (χ1n) is 6.48. The van der Waals surface area contributed by atoms with Gasteiger partial charge < -0.3 is 0 Å². The third-order valence-corrected chi connectivity index (χ3v) is 2.80. The average molecular weight is 233 g/mol. The van der Waals surface area contributed by atoms with Crippen LogP contribution in [-0.4, -0.2) is 0 Å². The molecule has 0 saturated heterocycles. The fraction of sp³-hybridized carbons (Fsp3) is 0.688. The van der Waals surface area contributed by atoms with Gasteiger partial charge in [-0.2, -0.15) is 5.26 Å². The molecule has 0 aliphatic carbocycles. The number of rotatable bonds is 6. The molecule has 0 aromatic rings. The molecule has 17 heavy (non-hydrogen) atoms. The number of allylic oxidation sites excluding steroid dienone is 4. The van der Waals surface area contributed by atoms with Crippen LogP contribution in [0.1, 0.15) is 60.8 Å². The van der Waals surface area contributed by atoms with Crippen molar-refractivity contribution in [2.45, 2.75) is 60.8 Å². The lowest BCUT2D eigenvalue weighted by Crippen LogP contribution is -2.10. The van der Waals surface area contributed by atoms with Crippen molar-refractivity contribution in [3.8, 4) is 6.07 Å². The van der Waals surface area contributed by atoms with E-state index in [4.69, 9.17) is 5.26 Å². The van der Waals surface area contributed by atoms with Gasteiger partial charge in [0.1, 0.15) is 0 Å². The zero-order chi connectivity index (χ0) is 13.5. The highest BCUT2D eigenvalue weighted by molar-refractivity contribution is 5.13. The lowest BCUT2D eigenvalue weighted by molar-refractivity contribution is 0.366. The van der Waals surface area contributed by atoms with Gasteiger partial charge in [-0.15, -0.1) is 0 Å². The fourth-order valence-corrected chi connectivity index (χ4v) is 2.17. The van der Waals surface area contributed by atoms with E-state index in [1.807, 2.05) is 6.92 Å². The van der Waals surface area contributed by atoms with Gasteiger partial charge in [-0.1, -0.05) is 44.9 Å². The third-order valence-electron chi connectivity index (χ3n) is 2.80. The Hall–Kier alpha value is -1.03. The van der Waals surface area contributed by atoms with Gasteiger partial charge in [0.05, 0.1) is 6.07 Å². The molecule has 0 aliphatic rings. The van der Waals surface area contributed by atoms with Gasteiger partial charge in [-0.05, 0) is 44.4 Å². The van der Waals surface area contributed by atoms with Crippen LogP contribution < -0.4 is 0 Å². The van der Waals surface area contributed by atoms with Crippen molar-refractivity contribution < 1.29 is 0 Å². The highest BCUT2D eigenvalue weighted by Crippen LogP contribution is 2.30. The summed E-state index contributed by atoms with van der Waals surface area (Å²) >= 11 is 0. The van der Waals surface area contributed by atoms with Crippen LogP contribution in [0.2, 0.25) is 0 Å². The van der Waals surface area contributed by atoms with Crippen LogP contribution in [0, 0.1) is 22.7 Å². The fourth-order valence-electron chi connectivity index (χ4n) is 2.17. The van der Waals surface area contributed by atoms with Gasteiger partial charge in [0, 0.05) is 6.08 Å². The van der Waals surface area contributed by atoms with Crippen molar-refractivity contribution in [3.63, 3.8) is 0 Å². The van der Waals surface area contributed by atoms with Gasteiger partial charge in [-0.3, -0.25) is 0 Å². The smallest absolute Gasteiger partial charge is 0.0911 e. The Morgan fingerprint density at radius 3 is 2.29 bits per heavy atom. The van der Waals surface area contributed by atoms with Crippen molar-refractivity contribution in [1.29, 1.82) is 5.26 Å². The molecular formula is C16H27N. The normalized spacial score (nSPS) is 14.0. The highest BCUT2D eigenvalue weighted by Gasteiger charge is 2.16. The Kier molecular flexibility index (Phi) is 6.88. The van der Waals surface area contributed by atoms with Crippen LogP contribution in [-0.2, 0) is 0 Å². The van der Waals surface area contributed by atoms with Gasteiger partial charge in [-0.25, -0.2) is 0 Å². The first-order valence-corrected chi connectivity index (χ1v) is 6.48. The van der Waals surface area contributed by atoms with Crippen LogP contribution in [0.25, 0.3) is 0 Å². The Balaban J connectivity index is 4.36. The summed E-state index contributed by atoms with van der Waals surface area (Å²) in [7, 11) is 0. The van der Waals surface area contributed by atoms with Crippen molar-refractivity contribution in [2.24, 2.45) is 11.3 Å². The van der Waals surface area contributed by atoms with E-state index in [0.717, 1.165) is 18.8 Å². The molecule has 0 radical (unpaired) electrons. The molecule has 0 fully saturated rings. The molecule has 0 rings (SSSR count). The van der Waals surface area contributed by atoms with Gasteiger partial charge >= 0.3 is 0 Å². The monoisotopic (exact) mass is 233 g/mol. The predicted molar refractivity (Wildman–Crippen MR) is 75.6 cm³/mol. The summed E-state index contributed by atoms with van der Waals surface area (Å²) in [5, 5.41) is 8.61. The summed E-state index contributed by atoms with van der Waals surface area (Å²) < 4.78 is 0. The lowest BCUT2D eigenvalue weighted by atomic mass is 9.82. The molecule has 0 bridgehead atoms. The van der Waals surface area contributed by atoms with Crippen LogP contribution >= 0.6 is 0 Å². The van der Waals surface area contributed by atoms with E-state index in [1.165, 1.54) is 17.6 Å². The molecule has 0 heterocycles. The molecule has 0 unspecified atom stereocenters. The molecule has 0 saturated carbocycles. The van der Waals surface area contributed by atoms with Crippen molar-refractivity contribution in [2.75, 3.05) is 0 Å². The van der Waals surface area contributed by atoms with Crippen molar-refractivity contribution in [3.05, 3.63) is 23.3 Å². The summed E-state index contributed by atoms with van der Waals surface area (Å²) in [5.74, 6) is 0.731. The van der Waals surface area contributed by atoms with Crippen LogP contribution in [0.4, 0.5) is 0 Å². The summed E-state index contributed by atoms with van der Waals surface area (Å²) in [6, 6.07) is 2.10. The van der Waals surface area contributed by atoms with E-state index in [2.05, 4.69) is 46.8 Å². The lowest BCUT2D eigenvalue weighted by Gasteiger charge is -2.23. The van der Waals surface area contributed by atoms with E-state index in [1.54, 1.807) is 6.08 Å². The number of hydrogen-bond donors (Lipinski definition) is 0. The second-order valence-corrected chi connectivity index (χ2v) is 6.31. The first kappa shape index (κ1) is 16.0. The highest BCUT2D eigenvalue weighted by atomic mass is 14.2. The summed E-state index contributed by atoms with van der Waals surface area (Å²) in [6.45, 7) is 13.3. The maximum Gasteiger partial charge on any atom is 0.0911 e. The average Bonchev–Trinajstić information content (AvgIpc) is 2.13. The molecule has 0 spiro atoms. The van der Waals surface area contributed by atoms with E-state index in [0.29, 0.717) is 0 Å². The first-order chi connectivity index (χ1) is 7.76. The van der Waals surface area contributed by atoms with E-state index < -0.39 is 0 Å². The van der Waals surface area contributed by atoms with Gasteiger partial charge in [0.25, 0.3) is 0 Å². The maximum absolute atomic E-state index is 8.61. The molecule has 0 aliphatic heterocycles. The maximum atomic E-state index is 8.61. The number of nitriles is 1. The zero-order valence-corrected chi connectivity index (χ0v) is 12.3. The second kappa shape index (κ2) is 7.33. The van der Waals surface area contributed by atoms with Crippen LogP contribution in [0.5, 0.6) is 0 Å². The molecule has 0 aromatic carbocycles. The Bertz CT molecular complexity index is 324. The van der Waals surface area contributed by atoms with Crippen molar-refractivity contribution >= 4 is 0 Å². The standard InChI is InChI=1S/C16H27N/c1-13(2)11-14(3)7-9-16(5,6)12-15(4)8-10-17/h7-8,13H,9,11-12H2,1-6H3/b14-7+,15-8+. The minimum Gasteiger partial charge on any atom is -0.193 e. The van der Waals surface area contributed by atoms with Crippen LogP contribution in [0.3, 0.4) is 0 Å². The van der Waals surface area contributed by atoms with Gasteiger partial charge in [0.15, 0.2) is 0 Å². The minimum absolute atomic E-state index is 0.246. The Morgan fingerprint density at radius 1 is 1.24 bits per heavy atom. The number of nitrogens with zero attached hydrogens (tertiary/aromatic N) is 1. The Morgan fingerprint density at radius 2 is 1.82 bits per heavy atom. The summed E-state index contributed by atoms with van der Waals surface area (Å²) in [4.78, 5) is 0. The molecule has 0 amide bonds. The SMILES string of the molecule is C/C(=C\CC(C)(C)C/C(C)=C/C#N)CC(C)C. The molecule has 1 heteroatoms. The van der Waals surface area contributed by atoms with E-state index >= 15 is 0 Å². The largest absolute Gasteiger partial charge is 0.193 e. The summed E-state index contributed by atoms with van der Waals surface area (Å²) in [5.41, 5.74) is 2.90. The zero-order valence-electron chi connectivity index (χ0n) is 12.3. The molecule has 1 nitrogen and oxygen atoms in total. The van der Waals surface area contributed by atoms with Crippen molar-refractivity contribution in [1.82, 2.24) is 0 Å². The molecule has 0 aromatic heterocycles. The molecule has 0 N–H and O–H groups in total. The topological polar surface area (TPSA) is 23.8 Å². The second-order valence-electron chi connectivity index (χ2n) is 6.31. The third kappa shape index (κ3) is 8.74.